The summed E-state index contributed by atoms with van der Waals surface area (Å²) in [5, 5.41) is 9.07. The van der Waals surface area contributed by atoms with Gasteiger partial charge >= 0.3 is 5.97 Å². The molecule has 0 aliphatic heterocycles. The van der Waals surface area contributed by atoms with Gasteiger partial charge in [0.15, 0.2) is 0 Å². The van der Waals surface area contributed by atoms with Crippen LogP contribution in [0.15, 0.2) is 29.2 Å². The van der Waals surface area contributed by atoms with E-state index >= 15 is 0 Å². The van der Waals surface area contributed by atoms with Crippen LogP contribution >= 0.6 is 0 Å². The molecule has 0 bridgehead atoms. The fourth-order valence-corrected chi connectivity index (χ4v) is 2.49. The van der Waals surface area contributed by atoms with Crippen LogP contribution in [0, 0.1) is 0 Å². The number of rotatable bonds is 6. The van der Waals surface area contributed by atoms with Crippen molar-refractivity contribution in [1.29, 1.82) is 0 Å². The predicted octanol–water partition coefficient (Wildman–Crippen LogP) is 0.522. The first kappa shape index (κ1) is 15.6. The molecule has 7 heteroatoms. The van der Waals surface area contributed by atoms with E-state index in [2.05, 4.69) is 9.46 Å². The Hall–Kier alpha value is -1.44. The molecule has 0 fully saturated rings. The maximum Gasteiger partial charge on any atom is 0.337 e. The van der Waals surface area contributed by atoms with Gasteiger partial charge < -0.3 is 9.84 Å². The van der Waals surface area contributed by atoms with Crippen molar-refractivity contribution in [2.75, 3.05) is 13.7 Å². The number of esters is 1. The molecule has 0 aliphatic carbocycles. The minimum Gasteiger partial charge on any atom is -0.465 e. The summed E-state index contributed by atoms with van der Waals surface area (Å²) in [4.78, 5) is 11.3. The van der Waals surface area contributed by atoms with Crippen LogP contribution in [0.5, 0.6) is 0 Å². The van der Waals surface area contributed by atoms with Crippen molar-refractivity contribution in [3.05, 3.63) is 29.8 Å². The first-order valence-electron chi connectivity index (χ1n) is 5.73. The SMILES string of the molecule is COC(=O)c1cccc(S(=O)(=O)NCCC(C)O)c1. The van der Waals surface area contributed by atoms with Crippen LogP contribution in [0.25, 0.3) is 0 Å². The Bertz CT molecular complexity index is 539. The lowest BCUT2D eigenvalue weighted by Crippen LogP contribution is -2.27. The van der Waals surface area contributed by atoms with Gasteiger partial charge in [-0.2, -0.15) is 0 Å². The monoisotopic (exact) mass is 287 g/mol. The van der Waals surface area contributed by atoms with Gasteiger partial charge in [0.25, 0.3) is 0 Å². The number of hydrogen-bond acceptors (Lipinski definition) is 5. The second-order valence-corrected chi connectivity index (χ2v) is 5.82. The van der Waals surface area contributed by atoms with Gasteiger partial charge in [0.1, 0.15) is 0 Å². The number of sulfonamides is 1. The summed E-state index contributed by atoms with van der Waals surface area (Å²) in [6.45, 7) is 1.70. The topological polar surface area (TPSA) is 92.7 Å². The average molecular weight is 287 g/mol. The molecule has 0 saturated heterocycles. The summed E-state index contributed by atoms with van der Waals surface area (Å²) in [5.41, 5.74) is 0.168. The lowest BCUT2D eigenvalue weighted by atomic mass is 10.2. The van der Waals surface area contributed by atoms with Crippen molar-refractivity contribution in [1.82, 2.24) is 4.72 Å². The minimum atomic E-state index is -3.69. The predicted molar refractivity (Wildman–Crippen MR) is 69.3 cm³/mol. The molecule has 1 aromatic carbocycles. The van der Waals surface area contributed by atoms with E-state index < -0.39 is 22.1 Å². The van der Waals surface area contributed by atoms with Crippen molar-refractivity contribution in [2.24, 2.45) is 0 Å². The van der Waals surface area contributed by atoms with E-state index in [1.165, 1.54) is 31.4 Å². The second-order valence-electron chi connectivity index (χ2n) is 4.05. The molecular weight excluding hydrogens is 270 g/mol. The molecule has 0 spiro atoms. The van der Waals surface area contributed by atoms with Crippen LogP contribution in [-0.2, 0) is 14.8 Å². The van der Waals surface area contributed by atoms with Gasteiger partial charge in [-0.15, -0.1) is 0 Å². The molecule has 0 aromatic heterocycles. The number of ether oxygens (including phenoxy) is 1. The highest BCUT2D eigenvalue weighted by atomic mass is 32.2. The summed E-state index contributed by atoms with van der Waals surface area (Å²) in [6, 6.07) is 5.57. The van der Waals surface area contributed by atoms with Gasteiger partial charge in [0, 0.05) is 6.54 Å². The standard InChI is InChI=1S/C12H17NO5S/c1-9(14)6-7-13-19(16,17)11-5-3-4-10(8-11)12(15)18-2/h3-5,8-9,13-14H,6-7H2,1-2H3. The molecule has 0 saturated carbocycles. The maximum atomic E-state index is 11.9. The van der Waals surface area contributed by atoms with E-state index in [0.29, 0.717) is 6.42 Å². The van der Waals surface area contributed by atoms with Crippen molar-refractivity contribution in [3.63, 3.8) is 0 Å². The quantitative estimate of drug-likeness (QED) is 0.744. The molecule has 0 heterocycles. The zero-order valence-electron chi connectivity index (χ0n) is 10.8. The fraction of sp³-hybridized carbons (Fsp3) is 0.417. The third kappa shape index (κ3) is 4.62. The van der Waals surface area contributed by atoms with Crippen molar-refractivity contribution < 1.29 is 23.1 Å². The highest BCUT2D eigenvalue weighted by Crippen LogP contribution is 2.12. The van der Waals surface area contributed by atoms with E-state index in [0.717, 1.165) is 0 Å². The number of carbonyl (C=O) groups is 1. The third-order valence-electron chi connectivity index (χ3n) is 2.42. The number of aliphatic hydroxyl groups is 1. The van der Waals surface area contributed by atoms with Crippen LogP contribution in [0.1, 0.15) is 23.7 Å². The minimum absolute atomic E-state index is 0.0130. The summed E-state index contributed by atoms with van der Waals surface area (Å²) >= 11 is 0. The molecule has 6 nitrogen and oxygen atoms in total. The molecule has 19 heavy (non-hydrogen) atoms. The summed E-state index contributed by atoms with van der Waals surface area (Å²) in [6.07, 6.45) is -0.264. The first-order valence-corrected chi connectivity index (χ1v) is 7.21. The van der Waals surface area contributed by atoms with Gasteiger partial charge in [0.05, 0.1) is 23.7 Å². The Morgan fingerprint density at radius 1 is 1.47 bits per heavy atom. The van der Waals surface area contributed by atoms with Gasteiger partial charge in [-0.1, -0.05) is 6.07 Å². The Morgan fingerprint density at radius 2 is 2.16 bits per heavy atom. The third-order valence-corrected chi connectivity index (χ3v) is 3.88. The lowest BCUT2D eigenvalue weighted by Gasteiger charge is -2.08. The number of nitrogens with one attached hydrogen (secondary N) is 1. The fourth-order valence-electron chi connectivity index (χ4n) is 1.39. The van der Waals surface area contributed by atoms with Crippen LogP contribution in [0.2, 0.25) is 0 Å². The normalized spacial score (nSPS) is 13.0. The second kappa shape index (κ2) is 6.65. The highest BCUT2D eigenvalue weighted by molar-refractivity contribution is 7.89. The number of hydrogen-bond donors (Lipinski definition) is 2. The van der Waals surface area contributed by atoms with Gasteiger partial charge in [0.2, 0.25) is 10.0 Å². The van der Waals surface area contributed by atoms with E-state index in [1.54, 1.807) is 6.92 Å². The molecule has 0 amide bonds. The van der Waals surface area contributed by atoms with E-state index in [1.807, 2.05) is 0 Å². The van der Waals surface area contributed by atoms with Crippen molar-refractivity contribution in [2.45, 2.75) is 24.3 Å². The highest BCUT2D eigenvalue weighted by Gasteiger charge is 2.16. The molecule has 0 aliphatic rings. The zero-order chi connectivity index (χ0) is 14.5. The summed E-state index contributed by atoms with van der Waals surface area (Å²) in [5.74, 6) is -0.596. The Labute approximate surface area is 112 Å². The van der Waals surface area contributed by atoms with Crippen LogP contribution in [-0.4, -0.2) is 39.3 Å². The van der Waals surface area contributed by atoms with Crippen LogP contribution < -0.4 is 4.72 Å². The number of aliphatic hydroxyl groups excluding tert-OH is 1. The Balaban J connectivity index is 2.86. The van der Waals surface area contributed by atoms with E-state index in [4.69, 9.17) is 5.11 Å². The molecule has 1 unspecified atom stereocenters. The molecule has 1 atom stereocenters. The number of carbonyl (C=O) groups excluding carboxylic acids is 1. The molecule has 1 rings (SSSR count). The smallest absolute Gasteiger partial charge is 0.337 e. The Kier molecular flexibility index (Phi) is 5.46. The van der Waals surface area contributed by atoms with Crippen LogP contribution in [0.3, 0.4) is 0 Å². The zero-order valence-corrected chi connectivity index (χ0v) is 11.6. The van der Waals surface area contributed by atoms with Crippen molar-refractivity contribution >= 4 is 16.0 Å². The van der Waals surface area contributed by atoms with Gasteiger partial charge in [-0.3, -0.25) is 0 Å². The number of methoxy groups -OCH3 is 1. The number of benzene rings is 1. The molecule has 0 radical (unpaired) electrons. The van der Waals surface area contributed by atoms with Gasteiger partial charge in [-0.25, -0.2) is 17.9 Å². The maximum absolute atomic E-state index is 11.9. The lowest BCUT2D eigenvalue weighted by molar-refractivity contribution is 0.0600. The summed E-state index contributed by atoms with van der Waals surface area (Å²) < 4.78 is 30.7. The molecule has 1 aromatic rings. The Morgan fingerprint density at radius 3 is 2.74 bits per heavy atom. The van der Waals surface area contributed by atoms with Gasteiger partial charge in [-0.05, 0) is 31.5 Å². The molecule has 106 valence electrons. The van der Waals surface area contributed by atoms with Crippen LogP contribution in [0.4, 0.5) is 0 Å². The molecule has 2 N–H and O–H groups in total. The van der Waals surface area contributed by atoms with Crippen molar-refractivity contribution in [3.8, 4) is 0 Å². The van der Waals surface area contributed by atoms with E-state index in [9.17, 15) is 13.2 Å². The molecular formula is C12H17NO5S. The summed E-state index contributed by atoms with van der Waals surface area (Å²) in [7, 11) is -2.46. The largest absolute Gasteiger partial charge is 0.465 e. The average Bonchev–Trinajstić information content (AvgIpc) is 2.37. The van der Waals surface area contributed by atoms with E-state index in [-0.39, 0.29) is 17.0 Å². The first-order chi connectivity index (χ1) is 8.86.